The fraction of sp³-hybridized carbons (Fsp3) is 0.667. The highest BCUT2D eigenvalue weighted by Gasteiger charge is 2.58. The molecular weight excluding hydrogens is 297 g/mol. The molecule has 0 saturated heterocycles. The molecule has 0 aliphatic carbocycles. The molecule has 0 amide bonds. The molecule has 1 aromatic rings. The van der Waals surface area contributed by atoms with Crippen LogP contribution in [0.2, 0.25) is 0 Å². The Hall–Kier alpha value is -1.67. The number of nitrogens with zero attached hydrogens (tertiary/aromatic N) is 2. The van der Waals surface area contributed by atoms with Crippen LogP contribution in [0.1, 0.15) is 25.8 Å². The fourth-order valence-electron chi connectivity index (χ4n) is 1.56. The van der Waals surface area contributed by atoms with Crippen LogP contribution in [-0.2, 0) is 6.42 Å². The normalized spacial score (nSPS) is 12.3. The maximum absolute atomic E-state index is 12.9. The Balaban J connectivity index is 2.95. The number of nitrogens with one attached hydrogen (secondary N) is 1. The molecule has 1 aromatic heterocycles. The van der Waals surface area contributed by atoms with Gasteiger partial charge >= 0.3 is 12.1 Å². The SMILES string of the molecule is CCCc1c(NCC)ncnc1OCC(F)(F)C(F)(F)F. The van der Waals surface area contributed by atoms with Crippen LogP contribution in [0.5, 0.6) is 5.88 Å². The minimum absolute atomic E-state index is 0.258. The molecule has 1 heterocycles. The van der Waals surface area contributed by atoms with E-state index in [1.165, 1.54) is 0 Å². The Bertz CT molecular complexity index is 465. The van der Waals surface area contributed by atoms with Crippen molar-refractivity contribution in [2.24, 2.45) is 0 Å². The summed E-state index contributed by atoms with van der Waals surface area (Å²) in [5.74, 6) is -4.81. The van der Waals surface area contributed by atoms with Gasteiger partial charge in [0.05, 0.1) is 5.56 Å². The molecule has 0 atom stereocenters. The van der Waals surface area contributed by atoms with E-state index in [0.29, 0.717) is 30.8 Å². The molecule has 0 radical (unpaired) electrons. The smallest absolute Gasteiger partial charge is 0.456 e. The third kappa shape index (κ3) is 4.40. The number of halogens is 5. The average Bonchev–Trinajstić information content (AvgIpc) is 2.38. The van der Waals surface area contributed by atoms with E-state index >= 15 is 0 Å². The maximum Gasteiger partial charge on any atom is 0.456 e. The predicted molar refractivity (Wildman–Crippen MR) is 66.7 cm³/mol. The van der Waals surface area contributed by atoms with Crippen molar-refractivity contribution in [3.63, 3.8) is 0 Å². The van der Waals surface area contributed by atoms with Gasteiger partial charge in [-0.2, -0.15) is 22.0 Å². The largest absolute Gasteiger partial charge is 0.471 e. The molecule has 1 N–H and O–H groups in total. The van der Waals surface area contributed by atoms with Crippen LogP contribution >= 0.6 is 0 Å². The highest BCUT2D eigenvalue weighted by molar-refractivity contribution is 5.48. The maximum atomic E-state index is 12.9. The number of alkyl halides is 5. The van der Waals surface area contributed by atoms with E-state index in [4.69, 9.17) is 0 Å². The zero-order chi connectivity index (χ0) is 16.1. The standard InChI is InChI=1S/C12H16F5N3O/c1-3-5-8-9(18-4-2)19-7-20-10(8)21-6-11(13,14)12(15,16)17/h7H,3-6H2,1-2H3,(H,18,19,20). The van der Waals surface area contributed by atoms with E-state index in [1.54, 1.807) is 6.92 Å². The summed E-state index contributed by atoms with van der Waals surface area (Å²) in [4.78, 5) is 7.58. The Kier molecular flexibility index (Phi) is 5.68. The molecule has 0 saturated carbocycles. The van der Waals surface area contributed by atoms with Crippen molar-refractivity contribution in [2.45, 2.75) is 38.8 Å². The summed E-state index contributed by atoms with van der Waals surface area (Å²) in [7, 11) is 0. The van der Waals surface area contributed by atoms with Crippen LogP contribution in [0.15, 0.2) is 6.33 Å². The minimum Gasteiger partial charge on any atom is -0.471 e. The lowest BCUT2D eigenvalue weighted by Gasteiger charge is -2.20. The van der Waals surface area contributed by atoms with Crippen LogP contribution in [0.25, 0.3) is 0 Å². The Morgan fingerprint density at radius 2 is 1.81 bits per heavy atom. The lowest BCUT2D eigenvalue weighted by atomic mass is 10.1. The number of aromatic nitrogens is 2. The van der Waals surface area contributed by atoms with E-state index in [2.05, 4.69) is 20.0 Å². The highest BCUT2D eigenvalue weighted by atomic mass is 19.4. The minimum atomic E-state index is -5.66. The third-order valence-corrected chi connectivity index (χ3v) is 2.55. The van der Waals surface area contributed by atoms with Gasteiger partial charge < -0.3 is 10.1 Å². The number of rotatable bonds is 7. The molecule has 0 aliphatic rings. The van der Waals surface area contributed by atoms with Crippen molar-refractivity contribution < 1.29 is 26.7 Å². The van der Waals surface area contributed by atoms with Crippen LogP contribution in [-0.4, -0.2) is 35.2 Å². The van der Waals surface area contributed by atoms with Crippen molar-refractivity contribution in [1.82, 2.24) is 9.97 Å². The van der Waals surface area contributed by atoms with Gasteiger partial charge in [0, 0.05) is 6.54 Å². The first kappa shape index (κ1) is 17.4. The number of anilines is 1. The molecule has 0 aromatic carbocycles. The van der Waals surface area contributed by atoms with Crippen molar-refractivity contribution in [3.05, 3.63) is 11.9 Å². The van der Waals surface area contributed by atoms with Gasteiger partial charge in [-0.3, -0.25) is 0 Å². The van der Waals surface area contributed by atoms with Gasteiger partial charge in [-0.1, -0.05) is 13.3 Å². The summed E-state index contributed by atoms with van der Waals surface area (Å²) in [6.45, 7) is 2.34. The average molecular weight is 313 g/mol. The molecule has 0 fully saturated rings. The summed E-state index contributed by atoms with van der Waals surface area (Å²) in [6, 6.07) is 0. The van der Waals surface area contributed by atoms with Gasteiger partial charge in [-0.15, -0.1) is 0 Å². The molecule has 120 valence electrons. The number of ether oxygens (including phenoxy) is 1. The van der Waals surface area contributed by atoms with Gasteiger partial charge in [-0.05, 0) is 13.3 Å². The second-order valence-electron chi connectivity index (χ2n) is 4.28. The van der Waals surface area contributed by atoms with Crippen LogP contribution in [0.3, 0.4) is 0 Å². The Labute approximate surface area is 118 Å². The fourth-order valence-corrected chi connectivity index (χ4v) is 1.56. The topological polar surface area (TPSA) is 47.0 Å². The summed E-state index contributed by atoms with van der Waals surface area (Å²) >= 11 is 0. The molecule has 1 rings (SSSR count). The van der Waals surface area contributed by atoms with Crippen molar-refractivity contribution in [2.75, 3.05) is 18.5 Å². The summed E-state index contributed by atoms with van der Waals surface area (Å²) in [5.41, 5.74) is 0.389. The zero-order valence-corrected chi connectivity index (χ0v) is 11.6. The number of hydrogen-bond acceptors (Lipinski definition) is 4. The first-order chi connectivity index (χ1) is 9.73. The third-order valence-electron chi connectivity index (χ3n) is 2.55. The van der Waals surface area contributed by atoms with Gasteiger partial charge in [0.15, 0.2) is 6.61 Å². The second-order valence-corrected chi connectivity index (χ2v) is 4.28. The summed E-state index contributed by atoms with van der Waals surface area (Å²) in [5, 5.41) is 2.89. The molecule has 21 heavy (non-hydrogen) atoms. The first-order valence-corrected chi connectivity index (χ1v) is 6.38. The summed E-state index contributed by atoms with van der Waals surface area (Å²) < 4.78 is 66.7. The molecular formula is C12H16F5N3O. The summed E-state index contributed by atoms with van der Waals surface area (Å²) in [6.07, 6.45) is -3.57. The lowest BCUT2D eigenvalue weighted by molar-refractivity contribution is -0.290. The monoisotopic (exact) mass is 313 g/mol. The van der Waals surface area contributed by atoms with Crippen molar-refractivity contribution in [1.29, 1.82) is 0 Å². The zero-order valence-electron chi connectivity index (χ0n) is 11.6. The van der Waals surface area contributed by atoms with E-state index in [9.17, 15) is 22.0 Å². The Morgan fingerprint density at radius 1 is 1.14 bits per heavy atom. The predicted octanol–water partition coefficient (Wildman–Crippen LogP) is 3.44. The molecule has 0 spiro atoms. The van der Waals surface area contributed by atoms with Crippen LogP contribution in [0.4, 0.5) is 27.8 Å². The molecule has 0 bridgehead atoms. The molecule has 4 nitrogen and oxygen atoms in total. The quantitative estimate of drug-likeness (QED) is 0.783. The van der Waals surface area contributed by atoms with Crippen molar-refractivity contribution >= 4 is 5.82 Å². The van der Waals surface area contributed by atoms with E-state index in [1.807, 2.05) is 6.92 Å². The number of hydrogen-bond donors (Lipinski definition) is 1. The second kappa shape index (κ2) is 6.86. The van der Waals surface area contributed by atoms with Gasteiger partial charge in [0.1, 0.15) is 12.1 Å². The van der Waals surface area contributed by atoms with Crippen LogP contribution < -0.4 is 10.1 Å². The van der Waals surface area contributed by atoms with Crippen LogP contribution in [0, 0.1) is 0 Å². The molecule has 0 unspecified atom stereocenters. The van der Waals surface area contributed by atoms with Crippen molar-refractivity contribution in [3.8, 4) is 5.88 Å². The lowest BCUT2D eigenvalue weighted by Crippen LogP contribution is -2.42. The molecule has 0 aliphatic heterocycles. The highest BCUT2D eigenvalue weighted by Crippen LogP contribution is 2.36. The molecule has 9 heteroatoms. The van der Waals surface area contributed by atoms with Gasteiger partial charge in [0.2, 0.25) is 5.88 Å². The van der Waals surface area contributed by atoms with Gasteiger partial charge in [-0.25, -0.2) is 9.97 Å². The van der Waals surface area contributed by atoms with E-state index in [0.717, 1.165) is 6.33 Å². The Morgan fingerprint density at radius 3 is 2.33 bits per heavy atom. The first-order valence-electron chi connectivity index (χ1n) is 6.38. The van der Waals surface area contributed by atoms with Gasteiger partial charge in [0.25, 0.3) is 0 Å². The van der Waals surface area contributed by atoms with E-state index < -0.39 is 18.7 Å². The van der Waals surface area contributed by atoms with E-state index in [-0.39, 0.29) is 5.88 Å².